The third kappa shape index (κ3) is 3.93. The Kier molecular flexibility index (Phi) is 5.04. The number of hydrogen-bond acceptors (Lipinski definition) is 3. The Morgan fingerprint density at radius 1 is 1.11 bits per heavy atom. The second kappa shape index (κ2) is 7.46. The monoisotopic (exact) mass is 430 g/mol. The van der Waals surface area contributed by atoms with Gasteiger partial charge in [0.2, 0.25) is 5.91 Å². The zero-order valence-corrected chi connectivity index (χ0v) is 16.9. The Hall–Kier alpha value is -2.15. The van der Waals surface area contributed by atoms with Crippen LogP contribution >= 0.6 is 15.9 Å². The minimum absolute atomic E-state index is 0.0946. The Morgan fingerprint density at radius 3 is 2.41 bits per heavy atom. The fourth-order valence-electron chi connectivity index (χ4n) is 3.57. The first-order valence-electron chi connectivity index (χ1n) is 9.43. The lowest BCUT2D eigenvalue weighted by atomic mass is 10.0. The average Bonchev–Trinajstić information content (AvgIpc) is 3.45. The first-order chi connectivity index (χ1) is 13.0. The first-order valence-corrected chi connectivity index (χ1v) is 10.2. The maximum absolute atomic E-state index is 12.7. The lowest BCUT2D eigenvalue weighted by Crippen LogP contribution is -2.47. The molecule has 2 aliphatic rings. The van der Waals surface area contributed by atoms with Gasteiger partial charge in [0.25, 0.3) is 5.91 Å². The number of nitrogens with zero attached hydrogens (tertiary/aromatic N) is 3. The van der Waals surface area contributed by atoms with Crippen LogP contribution < -0.4 is 5.32 Å². The summed E-state index contributed by atoms with van der Waals surface area (Å²) in [7, 11) is 0. The highest BCUT2D eigenvalue weighted by Gasteiger charge is 2.35. The SMILES string of the molecule is Cc1c(C(=O)NC2CCN(C(=O)C3CC3)CC2)cnn1-c1ccc(Br)cc1. The fourth-order valence-corrected chi connectivity index (χ4v) is 3.84. The van der Waals surface area contributed by atoms with E-state index in [4.69, 9.17) is 0 Å². The van der Waals surface area contributed by atoms with Crippen molar-refractivity contribution < 1.29 is 9.59 Å². The molecule has 4 rings (SSSR count). The smallest absolute Gasteiger partial charge is 0.254 e. The van der Waals surface area contributed by atoms with Gasteiger partial charge in [0.1, 0.15) is 0 Å². The molecule has 1 aromatic heterocycles. The van der Waals surface area contributed by atoms with E-state index in [1.807, 2.05) is 36.1 Å². The number of nitrogens with one attached hydrogen (secondary N) is 1. The number of rotatable bonds is 4. The van der Waals surface area contributed by atoms with Crippen LogP contribution in [0.15, 0.2) is 34.9 Å². The lowest BCUT2D eigenvalue weighted by molar-refractivity contribution is -0.133. The van der Waals surface area contributed by atoms with E-state index in [1.165, 1.54) is 0 Å². The summed E-state index contributed by atoms with van der Waals surface area (Å²) < 4.78 is 2.78. The van der Waals surface area contributed by atoms with Gasteiger partial charge in [-0.25, -0.2) is 4.68 Å². The number of amides is 2. The van der Waals surface area contributed by atoms with Gasteiger partial charge in [0, 0.05) is 29.5 Å². The standard InChI is InChI=1S/C20H23BrN4O2/c1-13-18(12-22-25(13)17-6-4-15(21)5-7-17)19(26)23-16-8-10-24(11-9-16)20(27)14-2-3-14/h4-7,12,14,16H,2-3,8-11H2,1H3,(H,23,26). The van der Waals surface area contributed by atoms with Crippen LogP contribution in [0.4, 0.5) is 0 Å². The summed E-state index contributed by atoms with van der Waals surface area (Å²) in [6.45, 7) is 3.37. The second-order valence-corrected chi connectivity index (χ2v) is 8.29. The molecule has 0 bridgehead atoms. The molecule has 1 aliphatic carbocycles. The van der Waals surface area contributed by atoms with Crippen molar-refractivity contribution in [3.05, 3.63) is 46.2 Å². The molecule has 0 unspecified atom stereocenters. The van der Waals surface area contributed by atoms with Gasteiger partial charge < -0.3 is 10.2 Å². The van der Waals surface area contributed by atoms with Gasteiger partial charge in [-0.1, -0.05) is 15.9 Å². The van der Waals surface area contributed by atoms with Crippen LogP contribution in [-0.4, -0.2) is 45.6 Å². The average molecular weight is 431 g/mol. The van der Waals surface area contributed by atoms with Crippen molar-refractivity contribution in [2.75, 3.05) is 13.1 Å². The summed E-state index contributed by atoms with van der Waals surface area (Å²) in [5.41, 5.74) is 2.33. The molecular weight excluding hydrogens is 408 g/mol. The third-order valence-corrected chi connectivity index (χ3v) is 5.92. The highest BCUT2D eigenvalue weighted by molar-refractivity contribution is 9.10. The molecule has 1 aliphatic heterocycles. The van der Waals surface area contributed by atoms with Gasteiger partial charge in [-0.2, -0.15) is 5.10 Å². The maximum atomic E-state index is 12.7. The first kappa shape index (κ1) is 18.2. The number of aromatic nitrogens is 2. The van der Waals surface area contributed by atoms with Crippen LogP contribution in [0.3, 0.4) is 0 Å². The molecule has 1 N–H and O–H groups in total. The van der Waals surface area contributed by atoms with Crippen LogP contribution in [0.1, 0.15) is 41.7 Å². The van der Waals surface area contributed by atoms with Crippen molar-refractivity contribution in [2.24, 2.45) is 5.92 Å². The van der Waals surface area contributed by atoms with Crippen LogP contribution in [0.2, 0.25) is 0 Å². The van der Waals surface area contributed by atoms with E-state index in [0.717, 1.165) is 54.6 Å². The van der Waals surface area contributed by atoms with Crippen LogP contribution in [0.5, 0.6) is 0 Å². The molecule has 6 nitrogen and oxygen atoms in total. The number of halogens is 1. The highest BCUT2D eigenvalue weighted by atomic mass is 79.9. The molecule has 2 amide bonds. The van der Waals surface area contributed by atoms with E-state index in [9.17, 15) is 9.59 Å². The molecule has 0 spiro atoms. The van der Waals surface area contributed by atoms with Crippen LogP contribution in [0.25, 0.3) is 5.69 Å². The van der Waals surface area contributed by atoms with E-state index >= 15 is 0 Å². The van der Waals surface area contributed by atoms with Crippen molar-refractivity contribution in [2.45, 2.75) is 38.6 Å². The van der Waals surface area contributed by atoms with E-state index in [-0.39, 0.29) is 17.9 Å². The minimum Gasteiger partial charge on any atom is -0.349 e. The lowest BCUT2D eigenvalue weighted by Gasteiger charge is -2.32. The minimum atomic E-state index is -0.0946. The topological polar surface area (TPSA) is 67.2 Å². The van der Waals surface area contributed by atoms with Crippen molar-refractivity contribution in [1.29, 1.82) is 0 Å². The van der Waals surface area contributed by atoms with E-state index in [1.54, 1.807) is 10.9 Å². The van der Waals surface area contributed by atoms with Gasteiger partial charge >= 0.3 is 0 Å². The van der Waals surface area contributed by atoms with Crippen molar-refractivity contribution >= 4 is 27.7 Å². The Labute approximate surface area is 167 Å². The maximum Gasteiger partial charge on any atom is 0.254 e. The number of carbonyl (C=O) groups excluding carboxylic acids is 2. The largest absolute Gasteiger partial charge is 0.349 e. The number of piperidine rings is 1. The van der Waals surface area contributed by atoms with E-state index in [0.29, 0.717) is 11.5 Å². The molecule has 27 heavy (non-hydrogen) atoms. The van der Waals surface area contributed by atoms with Crippen LogP contribution in [-0.2, 0) is 4.79 Å². The fraction of sp³-hybridized carbons (Fsp3) is 0.450. The van der Waals surface area contributed by atoms with Crippen molar-refractivity contribution in [3.8, 4) is 5.69 Å². The number of hydrogen-bond donors (Lipinski definition) is 1. The molecule has 2 heterocycles. The number of benzene rings is 1. The Balaban J connectivity index is 1.37. The zero-order valence-electron chi connectivity index (χ0n) is 15.3. The van der Waals surface area contributed by atoms with E-state index < -0.39 is 0 Å². The van der Waals surface area contributed by atoms with Gasteiger partial charge in [0.15, 0.2) is 0 Å². The quantitative estimate of drug-likeness (QED) is 0.809. The van der Waals surface area contributed by atoms with E-state index in [2.05, 4.69) is 26.3 Å². The summed E-state index contributed by atoms with van der Waals surface area (Å²) >= 11 is 3.43. The molecule has 1 saturated heterocycles. The molecule has 1 aromatic carbocycles. The normalized spacial score (nSPS) is 17.8. The Bertz CT molecular complexity index is 849. The van der Waals surface area contributed by atoms with Gasteiger partial charge in [-0.05, 0) is 56.9 Å². The van der Waals surface area contributed by atoms with Gasteiger partial charge in [-0.3, -0.25) is 9.59 Å². The molecule has 142 valence electrons. The summed E-state index contributed by atoms with van der Waals surface area (Å²) in [5, 5.41) is 7.50. The number of likely N-dealkylation sites (tertiary alicyclic amines) is 1. The van der Waals surface area contributed by atoms with Crippen molar-refractivity contribution in [3.63, 3.8) is 0 Å². The summed E-state index contributed by atoms with van der Waals surface area (Å²) in [6.07, 6.45) is 5.32. The summed E-state index contributed by atoms with van der Waals surface area (Å²) in [4.78, 5) is 26.8. The molecule has 2 fully saturated rings. The Morgan fingerprint density at radius 2 is 1.78 bits per heavy atom. The third-order valence-electron chi connectivity index (χ3n) is 5.39. The molecule has 1 saturated carbocycles. The second-order valence-electron chi connectivity index (χ2n) is 7.38. The summed E-state index contributed by atoms with van der Waals surface area (Å²) in [5.74, 6) is 0.470. The predicted octanol–water partition coefficient (Wildman–Crippen LogP) is 3.07. The van der Waals surface area contributed by atoms with Gasteiger partial charge in [0.05, 0.1) is 23.1 Å². The molecular formula is C20H23BrN4O2. The molecule has 7 heteroatoms. The van der Waals surface area contributed by atoms with Crippen LogP contribution in [0, 0.1) is 12.8 Å². The number of carbonyl (C=O) groups is 2. The van der Waals surface area contributed by atoms with Gasteiger partial charge in [-0.15, -0.1) is 0 Å². The highest BCUT2D eigenvalue weighted by Crippen LogP contribution is 2.32. The predicted molar refractivity (Wildman–Crippen MR) is 106 cm³/mol. The zero-order chi connectivity index (χ0) is 19.0. The molecule has 0 atom stereocenters. The summed E-state index contributed by atoms with van der Waals surface area (Å²) in [6, 6.07) is 7.92. The van der Waals surface area contributed by atoms with Crippen molar-refractivity contribution in [1.82, 2.24) is 20.0 Å². The molecule has 0 radical (unpaired) electrons. The molecule has 2 aromatic rings.